The Kier molecular flexibility index (Phi) is 3.29. The van der Waals surface area contributed by atoms with Gasteiger partial charge >= 0.3 is 0 Å². The molecule has 0 amide bonds. The van der Waals surface area contributed by atoms with Crippen LogP contribution in [0.4, 0.5) is 0 Å². The Hall–Kier alpha value is -1.39. The van der Waals surface area contributed by atoms with E-state index >= 15 is 0 Å². The van der Waals surface area contributed by atoms with Crippen LogP contribution in [0.3, 0.4) is 0 Å². The van der Waals surface area contributed by atoms with E-state index in [4.69, 9.17) is 16.0 Å². The zero-order valence-electron chi connectivity index (χ0n) is 10.2. The smallest absolute Gasteiger partial charge is 0.197 e. The highest BCUT2D eigenvalue weighted by molar-refractivity contribution is 9.10. The molecule has 3 nitrogen and oxygen atoms in total. The van der Waals surface area contributed by atoms with E-state index in [0.717, 1.165) is 27.6 Å². The van der Waals surface area contributed by atoms with E-state index in [2.05, 4.69) is 25.9 Å². The van der Waals surface area contributed by atoms with Crippen molar-refractivity contribution in [2.45, 2.75) is 13.3 Å². The summed E-state index contributed by atoms with van der Waals surface area (Å²) in [7, 11) is 0. The van der Waals surface area contributed by atoms with Gasteiger partial charge in [0.05, 0.1) is 10.2 Å². The first-order chi connectivity index (χ1) is 9.19. The first kappa shape index (κ1) is 12.6. The zero-order chi connectivity index (χ0) is 13.4. The van der Waals surface area contributed by atoms with Gasteiger partial charge in [-0.3, -0.25) is 0 Å². The average Bonchev–Trinajstić information content (AvgIpc) is 2.85. The third-order valence-corrected chi connectivity index (χ3v) is 4.20. The monoisotopic (exact) mass is 336 g/mol. The Bertz CT molecular complexity index is 721. The standard InChI is InChI=1S/C14H10BrClN2O/c1-2-9-12(15)13(16)18-14(17-9)11-7-8-5-3-4-6-10(8)19-11/h3-7H,2H2,1H3. The van der Waals surface area contributed by atoms with Crippen LogP contribution in [0.15, 0.2) is 39.2 Å². The van der Waals surface area contributed by atoms with Gasteiger partial charge in [0.2, 0.25) is 0 Å². The Morgan fingerprint density at radius 3 is 2.79 bits per heavy atom. The predicted octanol–water partition coefficient (Wildman–Crippen LogP) is 4.87. The Morgan fingerprint density at radius 2 is 2.05 bits per heavy atom. The fourth-order valence-electron chi connectivity index (χ4n) is 1.90. The maximum absolute atomic E-state index is 6.11. The molecule has 2 heterocycles. The van der Waals surface area contributed by atoms with Crippen molar-refractivity contribution in [3.63, 3.8) is 0 Å². The minimum atomic E-state index is 0.405. The highest BCUT2D eigenvalue weighted by atomic mass is 79.9. The molecule has 3 rings (SSSR count). The maximum Gasteiger partial charge on any atom is 0.197 e. The van der Waals surface area contributed by atoms with Crippen LogP contribution >= 0.6 is 27.5 Å². The van der Waals surface area contributed by atoms with Gasteiger partial charge in [-0.1, -0.05) is 36.7 Å². The van der Waals surface area contributed by atoms with E-state index in [1.807, 2.05) is 37.3 Å². The van der Waals surface area contributed by atoms with Gasteiger partial charge in [0.1, 0.15) is 10.7 Å². The quantitative estimate of drug-likeness (QED) is 0.626. The molecule has 0 aliphatic rings. The van der Waals surface area contributed by atoms with Crippen LogP contribution in [-0.4, -0.2) is 9.97 Å². The molecule has 0 saturated heterocycles. The lowest BCUT2D eigenvalue weighted by atomic mass is 10.2. The number of para-hydroxylation sites is 1. The number of rotatable bonds is 2. The SMILES string of the molecule is CCc1nc(-c2cc3ccccc3o2)nc(Cl)c1Br. The van der Waals surface area contributed by atoms with Crippen LogP contribution in [0, 0.1) is 0 Å². The van der Waals surface area contributed by atoms with Gasteiger partial charge in [0.15, 0.2) is 11.6 Å². The molecule has 0 bridgehead atoms. The molecule has 1 aromatic carbocycles. The van der Waals surface area contributed by atoms with Gasteiger partial charge in [-0.15, -0.1) is 0 Å². The molecule has 0 aliphatic carbocycles. The summed E-state index contributed by atoms with van der Waals surface area (Å²) in [5.74, 6) is 1.14. The lowest BCUT2D eigenvalue weighted by Crippen LogP contribution is -1.96. The molecule has 0 N–H and O–H groups in total. The van der Waals surface area contributed by atoms with Gasteiger partial charge in [0, 0.05) is 5.39 Å². The number of fused-ring (bicyclic) bond motifs is 1. The molecular weight excluding hydrogens is 328 g/mol. The van der Waals surface area contributed by atoms with E-state index in [-0.39, 0.29) is 0 Å². The lowest BCUT2D eigenvalue weighted by molar-refractivity contribution is 0.624. The van der Waals surface area contributed by atoms with E-state index in [1.54, 1.807) is 0 Å². The predicted molar refractivity (Wildman–Crippen MR) is 79.3 cm³/mol. The van der Waals surface area contributed by atoms with Crippen molar-refractivity contribution in [3.05, 3.63) is 45.7 Å². The van der Waals surface area contributed by atoms with Crippen molar-refractivity contribution in [1.29, 1.82) is 0 Å². The fraction of sp³-hybridized carbons (Fsp3) is 0.143. The number of hydrogen-bond acceptors (Lipinski definition) is 3. The maximum atomic E-state index is 6.11. The summed E-state index contributed by atoms with van der Waals surface area (Å²) in [6.45, 7) is 2.02. The molecule has 0 fully saturated rings. The number of hydrogen-bond donors (Lipinski definition) is 0. The number of nitrogens with zero attached hydrogens (tertiary/aromatic N) is 2. The summed E-state index contributed by atoms with van der Waals surface area (Å²) in [6, 6.07) is 9.73. The molecule has 0 radical (unpaired) electrons. The van der Waals surface area contributed by atoms with E-state index in [1.165, 1.54) is 0 Å². The molecule has 2 aromatic heterocycles. The summed E-state index contributed by atoms with van der Waals surface area (Å²) in [6.07, 6.45) is 0.774. The average molecular weight is 338 g/mol. The minimum absolute atomic E-state index is 0.405. The number of benzene rings is 1. The van der Waals surface area contributed by atoms with Crippen LogP contribution in [0.1, 0.15) is 12.6 Å². The Morgan fingerprint density at radius 1 is 1.26 bits per heavy atom. The summed E-state index contributed by atoms with van der Waals surface area (Å²) in [5, 5.41) is 1.43. The molecule has 0 unspecified atom stereocenters. The molecule has 96 valence electrons. The minimum Gasteiger partial charge on any atom is -0.453 e. The number of halogens is 2. The van der Waals surface area contributed by atoms with Gasteiger partial charge < -0.3 is 4.42 Å². The van der Waals surface area contributed by atoms with Crippen molar-refractivity contribution in [3.8, 4) is 11.6 Å². The second kappa shape index (κ2) is 4.94. The third kappa shape index (κ3) is 2.26. The second-order valence-electron chi connectivity index (χ2n) is 4.10. The van der Waals surface area contributed by atoms with Crippen LogP contribution in [0.25, 0.3) is 22.6 Å². The molecule has 0 spiro atoms. The summed E-state index contributed by atoms with van der Waals surface area (Å²) in [4.78, 5) is 8.74. The van der Waals surface area contributed by atoms with Crippen molar-refractivity contribution in [2.75, 3.05) is 0 Å². The van der Waals surface area contributed by atoms with Gasteiger partial charge in [-0.05, 0) is 34.5 Å². The summed E-state index contributed by atoms with van der Waals surface area (Å²) in [5.41, 5.74) is 1.69. The first-order valence-electron chi connectivity index (χ1n) is 5.90. The van der Waals surface area contributed by atoms with Crippen LogP contribution < -0.4 is 0 Å². The first-order valence-corrected chi connectivity index (χ1v) is 7.07. The molecule has 19 heavy (non-hydrogen) atoms. The van der Waals surface area contributed by atoms with Crippen molar-refractivity contribution >= 4 is 38.5 Å². The van der Waals surface area contributed by atoms with Crippen LogP contribution in [0.2, 0.25) is 5.15 Å². The third-order valence-electron chi connectivity index (χ3n) is 2.86. The molecular formula is C14H10BrClN2O. The largest absolute Gasteiger partial charge is 0.453 e. The van der Waals surface area contributed by atoms with Gasteiger partial charge in [-0.25, -0.2) is 9.97 Å². The lowest BCUT2D eigenvalue weighted by Gasteiger charge is -2.04. The van der Waals surface area contributed by atoms with E-state index in [0.29, 0.717) is 16.7 Å². The molecule has 3 aromatic rings. The molecule has 5 heteroatoms. The van der Waals surface area contributed by atoms with Crippen molar-refractivity contribution < 1.29 is 4.42 Å². The molecule has 0 saturated carbocycles. The van der Waals surface area contributed by atoms with Crippen molar-refractivity contribution in [2.24, 2.45) is 0 Å². The Labute approximate surface area is 123 Å². The molecule has 0 atom stereocenters. The highest BCUT2D eigenvalue weighted by Crippen LogP contribution is 2.30. The number of aryl methyl sites for hydroxylation is 1. The van der Waals surface area contributed by atoms with Crippen LogP contribution in [0.5, 0.6) is 0 Å². The van der Waals surface area contributed by atoms with Gasteiger partial charge in [0.25, 0.3) is 0 Å². The zero-order valence-corrected chi connectivity index (χ0v) is 12.5. The molecule has 0 aliphatic heterocycles. The highest BCUT2D eigenvalue weighted by Gasteiger charge is 2.14. The normalized spacial score (nSPS) is 11.1. The topological polar surface area (TPSA) is 38.9 Å². The van der Waals surface area contributed by atoms with Crippen LogP contribution in [-0.2, 0) is 6.42 Å². The number of furan rings is 1. The van der Waals surface area contributed by atoms with Gasteiger partial charge in [-0.2, -0.15) is 0 Å². The summed E-state index contributed by atoms with van der Waals surface area (Å²) < 4.78 is 6.50. The van der Waals surface area contributed by atoms with E-state index < -0.39 is 0 Å². The summed E-state index contributed by atoms with van der Waals surface area (Å²) >= 11 is 9.50. The van der Waals surface area contributed by atoms with E-state index in [9.17, 15) is 0 Å². The fourth-order valence-corrected chi connectivity index (χ4v) is 2.55. The second-order valence-corrected chi connectivity index (χ2v) is 5.25. The van der Waals surface area contributed by atoms with Crippen molar-refractivity contribution in [1.82, 2.24) is 9.97 Å². The Balaban J connectivity index is 2.18. The number of aromatic nitrogens is 2.